The average Bonchev–Trinajstić information content (AvgIpc) is 2.84. The summed E-state index contributed by atoms with van der Waals surface area (Å²) in [5, 5.41) is 2.93. The highest BCUT2D eigenvalue weighted by atomic mass is 16.5. The molecule has 4 nitrogen and oxygen atoms in total. The summed E-state index contributed by atoms with van der Waals surface area (Å²) in [5.41, 5.74) is 4.10. The molecule has 0 saturated carbocycles. The summed E-state index contributed by atoms with van der Waals surface area (Å²) in [6.07, 6.45) is 5.84. The minimum Gasteiger partial charge on any atom is -0.489 e. The monoisotopic (exact) mass is 426 g/mol. The third-order valence-corrected chi connectivity index (χ3v) is 5.84. The summed E-state index contributed by atoms with van der Waals surface area (Å²) in [4.78, 5) is 14.7. The van der Waals surface area contributed by atoms with Crippen molar-refractivity contribution in [3.8, 4) is 5.75 Å². The molecule has 164 valence electrons. The number of benzene rings is 3. The van der Waals surface area contributed by atoms with E-state index in [1.165, 1.54) is 18.5 Å². The van der Waals surface area contributed by atoms with E-state index in [2.05, 4.69) is 29.3 Å². The number of ether oxygens (including phenoxy) is 1. The van der Waals surface area contributed by atoms with Gasteiger partial charge in [0, 0.05) is 30.5 Å². The van der Waals surface area contributed by atoms with Gasteiger partial charge in [0.1, 0.15) is 12.4 Å². The van der Waals surface area contributed by atoms with E-state index >= 15 is 0 Å². The van der Waals surface area contributed by atoms with E-state index in [0.29, 0.717) is 6.61 Å². The zero-order valence-corrected chi connectivity index (χ0v) is 18.5. The summed E-state index contributed by atoms with van der Waals surface area (Å²) in [6.45, 7) is 5.06. The number of hydrogen-bond donors (Lipinski definition) is 1. The predicted octanol–water partition coefficient (Wildman–Crippen LogP) is 6.15. The lowest BCUT2D eigenvalue weighted by molar-refractivity contribution is -0.111. The van der Waals surface area contributed by atoms with E-state index in [9.17, 15) is 4.79 Å². The standard InChI is InChI=1S/C28H30N2O2/c1-22-17-19-30(20-18-22)26-12-10-25(11-13-26)29-28(31)16-9-23-7-14-27(15-8-23)32-21-24-5-3-2-4-6-24/h2-16,22H,17-21H2,1H3,(H,29,31)/b16-9+. The molecule has 1 amide bonds. The minimum absolute atomic E-state index is 0.144. The Morgan fingerprint density at radius 2 is 1.66 bits per heavy atom. The highest BCUT2D eigenvalue weighted by Gasteiger charge is 2.15. The second kappa shape index (κ2) is 10.7. The number of carbonyl (C=O) groups is 1. The lowest BCUT2D eigenvalue weighted by atomic mass is 9.99. The van der Waals surface area contributed by atoms with Gasteiger partial charge in [0.2, 0.25) is 5.91 Å². The number of carbonyl (C=O) groups excluding carboxylic acids is 1. The highest BCUT2D eigenvalue weighted by molar-refractivity contribution is 6.02. The summed E-state index contributed by atoms with van der Waals surface area (Å²) in [7, 11) is 0. The van der Waals surface area contributed by atoms with Crippen LogP contribution in [0.1, 0.15) is 30.9 Å². The van der Waals surface area contributed by atoms with Crippen molar-refractivity contribution >= 4 is 23.4 Å². The first-order valence-electron chi connectivity index (χ1n) is 11.3. The average molecular weight is 427 g/mol. The molecule has 1 aliphatic heterocycles. The van der Waals surface area contributed by atoms with Crippen molar-refractivity contribution in [3.63, 3.8) is 0 Å². The maximum Gasteiger partial charge on any atom is 0.248 e. The first kappa shape index (κ1) is 21.7. The molecule has 1 saturated heterocycles. The van der Waals surface area contributed by atoms with Gasteiger partial charge in [-0.1, -0.05) is 49.4 Å². The Balaban J connectivity index is 1.26. The van der Waals surface area contributed by atoms with Crippen LogP contribution in [0.2, 0.25) is 0 Å². The Morgan fingerprint density at radius 3 is 2.34 bits per heavy atom. The van der Waals surface area contributed by atoms with Crippen LogP contribution in [0.5, 0.6) is 5.75 Å². The zero-order chi connectivity index (χ0) is 22.2. The molecule has 0 unspecified atom stereocenters. The predicted molar refractivity (Wildman–Crippen MR) is 132 cm³/mol. The van der Waals surface area contributed by atoms with Crippen molar-refractivity contribution in [2.45, 2.75) is 26.4 Å². The molecule has 1 heterocycles. The molecule has 32 heavy (non-hydrogen) atoms. The van der Waals surface area contributed by atoms with E-state index in [4.69, 9.17) is 4.74 Å². The van der Waals surface area contributed by atoms with E-state index in [-0.39, 0.29) is 5.91 Å². The molecule has 0 aromatic heterocycles. The first-order chi connectivity index (χ1) is 15.7. The topological polar surface area (TPSA) is 41.6 Å². The molecular weight excluding hydrogens is 396 g/mol. The van der Waals surface area contributed by atoms with Gasteiger partial charge in [0.25, 0.3) is 0 Å². The van der Waals surface area contributed by atoms with E-state index < -0.39 is 0 Å². The van der Waals surface area contributed by atoms with Crippen molar-refractivity contribution in [1.82, 2.24) is 0 Å². The molecule has 0 atom stereocenters. The molecule has 0 spiro atoms. The van der Waals surface area contributed by atoms with Gasteiger partial charge in [-0.15, -0.1) is 0 Å². The van der Waals surface area contributed by atoms with Crippen LogP contribution < -0.4 is 15.0 Å². The Labute approximate surface area is 190 Å². The largest absolute Gasteiger partial charge is 0.489 e. The fourth-order valence-corrected chi connectivity index (χ4v) is 3.79. The van der Waals surface area contributed by atoms with Gasteiger partial charge in [-0.05, 0) is 72.4 Å². The quantitative estimate of drug-likeness (QED) is 0.461. The normalized spacial score (nSPS) is 14.5. The van der Waals surface area contributed by atoms with Gasteiger partial charge in [0.05, 0.1) is 0 Å². The molecule has 0 bridgehead atoms. The number of anilines is 2. The summed E-state index contributed by atoms with van der Waals surface area (Å²) >= 11 is 0. The third-order valence-electron chi connectivity index (χ3n) is 5.84. The number of nitrogens with zero attached hydrogens (tertiary/aromatic N) is 1. The molecule has 0 radical (unpaired) electrons. The lowest BCUT2D eigenvalue weighted by Crippen LogP contribution is -2.32. The maximum absolute atomic E-state index is 12.3. The number of piperidine rings is 1. The number of rotatable bonds is 7. The van der Waals surface area contributed by atoms with E-state index in [1.54, 1.807) is 12.2 Å². The fraction of sp³-hybridized carbons (Fsp3) is 0.250. The Kier molecular flexibility index (Phi) is 7.23. The second-order valence-corrected chi connectivity index (χ2v) is 8.38. The number of hydrogen-bond acceptors (Lipinski definition) is 3. The Morgan fingerprint density at radius 1 is 0.969 bits per heavy atom. The van der Waals surface area contributed by atoms with Gasteiger partial charge in [-0.2, -0.15) is 0 Å². The maximum atomic E-state index is 12.3. The lowest BCUT2D eigenvalue weighted by Gasteiger charge is -2.32. The summed E-state index contributed by atoms with van der Waals surface area (Å²) in [5.74, 6) is 1.47. The third kappa shape index (κ3) is 6.24. The summed E-state index contributed by atoms with van der Waals surface area (Å²) < 4.78 is 5.80. The molecular formula is C28H30N2O2. The molecule has 4 heteroatoms. The van der Waals surface area contributed by atoms with Crippen molar-refractivity contribution in [2.75, 3.05) is 23.3 Å². The Hall–Kier alpha value is -3.53. The molecule has 4 rings (SSSR count). The van der Waals surface area contributed by atoms with E-state index in [1.807, 2.05) is 66.7 Å². The van der Waals surface area contributed by atoms with Crippen LogP contribution in [0, 0.1) is 5.92 Å². The van der Waals surface area contributed by atoms with Crippen LogP contribution in [-0.2, 0) is 11.4 Å². The molecule has 1 N–H and O–H groups in total. The van der Waals surface area contributed by atoms with Gasteiger partial charge >= 0.3 is 0 Å². The van der Waals surface area contributed by atoms with Gasteiger partial charge in [-0.25, -0.2) is 0 Å². The zero-order valence-electron chi connectivity index (χ0n) is 18.5. The number of amides is 1. The smallest absolute Gasteiger partial charge is 0.248 e. The number of nitrogens with one attached hydrogen (secondary N) is 1. The van der Waals surface area contributed by atoms with Crippen LogP contribution in [0.3, 0.4) is 0 Å². The van der Waals surface area contributed by atoms with Crippen LogP contribution in [-0.4, -0.2) is 19.0 Å². The van der Waals surface area contributed by atoms with Crippen molar-refractivity contribution < 1.29 is 9.53 Å². The SMILES string of the molecule is CC1CCN(c2ccc(NC(=O)/C=C/c3ccc(OCc4ccccc4)cc3)cc2)CC1. The van der Waals surface area contributed by atoms with Crippen molar-refractivity contribution in [2.24, 2.45) is 5.92 Å². The van der Waals surface area contributed by atoms with Gasteiger partial charge in [0.15, 0.2) is 0 Å². The molecule has 1 fully saturated rings. The summed E-state index contributed by atoms with van der Waals surface area (Å²) in [6, 6.07) is 25.9. The molecule has 3 aromatic carbocycles. The van der Waals surface area contributed by atoms with Crippen LogP contribution in [0.4, 0.5) is 11.4 Å². The van der Waals surface area contributed by atoms with Gasteiger partial charge < -0.3 is 15.0 Å². The first-order valence-corrected chi connectivity index (χ1v) is 11.3. The molecule has 1 aliphatic rings. The second-order valence-electron chi connectivity index (χ2n) is 8.38. The van der Waals surface area contributed by atoms with Crippen molar-refractivity contribution in [3.05, 3.63) is 96.1 Å². The van der Waals surface area contributed by atoms with Gasteiger partial charge in [-0.3, -0.25) is 4.79 Å². The van der Waals surface area contributed by atoms with E-state index in [0.717, 1.165) is 41.6 Å². The Bertz CT molecular complexity index is 1020. The molecule has 3 aromatic rings. The molecule has 0 aliphatic carbocycles. The van der Waals surface area contributed by atoms with Crippen LogP contribution in [0.15, 0.2) is 84.9 Å². The van der Waals surface area contributed by atoms with Crippen LogP contribution >= 0.6 is 0 Å². The minimum atomic E-state index is -0.144. The fourth-order valence-electron chi connectivity index (χ4n) is 3.79. The van der Waals surface area contributed by atoms with Crippen molar-refractivity contribution in [1.29, 1.82) is 0 Å². The van der Waals surface area contributed by atoms with Crippen LogP contribution in [0.25, 0.3) is 6.08 Å². The highest BCUT2D eigenvalue weighted by Crippen LogP contribution is 2.24.